The molecule has 0 bridgehead atoms. The number of halogens is 1. The second-order valence-corrected chi connectivity index (χ2v) is 3.93. The molecule has 62 valence electrons. The van der Waals surface area contributed by atoms with Crippen molar-refractivity contribution in [3.63, 3.8) is 0 Å². The molecule has 0 amide bonds. The molecule has 0 radical (unpaired) electrons. The molecular formula is C9H13ClO. The maximum absolute atomic E-state index is 11.0. The first kappa shape index (κ1) is 8.79. The number of carbonyl (C=O) groups excluding carboxylic acids is 1. The molecule has 0 heterocycles. The summed E-state index contributed by atoms with van der Waals surface area (Å²) < 4.78 is 0. The smallest absolute Gasteiger partial charge is 0.227 e. The van der Waals surface area contributed by atoms with Crippen molar-refractivity contribution < 1.29 is 4.79 Å². The molecule has 1 unspecified atom stereocenters. The predicted octanol–water partition coefficient (Wildman–Crippen LogP) is 2.89. The zero-order chi connectivity index (χ0) is 8.48. The summed E-state index contributed by atoms with van der Waals surface area (Å²) in [6, 6.07) is 0. The molecule has 0 fully saturated rings. The quantitative estimate of drug-likeness (QED) is 0.439. The average molecular weight is 173 g/mol. The maximum atomic E-state index is 11.0. The van der Waals surface area contributed by atoms with Crippen molar-refractivity contribution in [2.75, 3.05) is 0 Å². The molecule has 1 rings (SSSR count). The van der Waals surface area contributed by atoms with Crippen LogP contribution in [0.3, 0.4) is 0 Å². The summed E-state index contributed by atoms with van der Waals surface area (Å²) in [6.45, 7) is 4.03. The Morgan fingerprint density at radius 2 is 2.36 bits per heavy atom. The highest BCUT2D eigenvalue weighted by atomic mass is 35.5. The lowest BCUT2D eigenvalue weighted by atomic mass is 9.78. The summed E-state index contributed by atoms with van der Waals surface area (Å²) in [5.41, 5.74) is 1.08. The van der Waals surface area contributed by atoms with Crippen LogP contribution in [-0.4, -0.2) is 5.24 Å². The van der Waals surface area contributed by atoms with E-state index < -0.39 is 0 Å². The highest BCUT2D eigenvalue weighted by Gasteiger charge is 2.32. The molecule has 0 aromatic rings. The lowest BCUT2D eigenvalue weighted by Crippen LogP contribution is -2.25. The number of hydrogen-bond donors (Lipinski definition) is 0. The zero-order valence-electron chi connectivity index (χ0n) is 6.98. The van der Waals surface area contributed by atoms with Gasteiger partial charge in [0.05, 0.1) is 0 Å². The predicted molar refractivity (Wildman–Crippen MR) is 46.6 cm³/mol. The second kappa shape index (κ2) is 2.98. The standard InChI is InChI=1S/C9H13ClO/c1-7-3-5-9(2,6-4-7)8(10)11/h3H,4-6H2,1-2H3. The van der Waals surface area contributed by atoms with Crippen LogP contribution in [0, 0.1) is 5.41 Å². The first-order valence-corrected chi connectivity index (χ1v) is 4.28. The first-order valence-electron chi connectivity index (χ1n) is 3.90. The largest absolute Gasteiger partial charge is 0.281 e. The van der Waals surface area contributed by atoms with Crippen molar-refractivity contribution in [1.29, 1.82) is 0 Å². The van der Waals surface area contributed by atoms with E-state index in [1.54, 1.807) is 0 Å². The van der Waals surface area contributed by atoms with E-state index >= 15 is 0 Å². The SMILES string of the molecule is CC1=CCC(C)(C(=O)Cl)CC1. The van der Waals surface area contributed by atoms with E-state index in [2.05, 4.69) is 13.0 Å². The summed E-state index contributed by atoms with van der Waals surface area (Å²) in [6.07, 6.45) is 4.83. The molecule has 1 nitrogen and oxygen atoms in total. The normalized spacial score (nSPS) is 31.4. The van der Waals surface area contributed by atoms with Crippen molar-refractivity contribution in [3.05, 3.63) is 11.6 Å². The molecule has 0 saturated carbocycles. The fourth-order valence-electron chi connectivity index (χ4n) is 1.26. The lowest BCUT2D eigenvalue weighted by molar-refractivity contribution is -0.120. The number of allylic oxidation sites excluding steroid dienone is 2. The molecule has 0 saturated heterocycles. The highest BCUT2D eigenvalue weighted by Crippen LogP contribution is 2.36. The van der Waals surface area contributed by atoms with Gasteiger partial charge in [0.25, 0.3) is 0 Å². The van der Waals surface area contributed by atoms with Crippen LogP contribution in [0.5, 0.6) is 0 Å². The van der Waals surface area contributed by atoms with Gasteiger partial charge in [0, 0.05) is 5.41 Å². The minimum absolute atomic E-state index is 0.193. The van der Waals surface area contributed by atoms with Gasteiger partial charge in [0.1, 0.15) is 0 Å². The van der Waals surface area contributed by atoms with Crippen molar-refractivity contribution in [1.82, 2.24) is 0 Å². The van der Waals surface area contributed by atoms with Gasteiger partial charge in [-0.05, 0) is 37.8 Å². The molecule has 1 aliphatic rings. The Labute approximate surface area is 72.4 Å². The van der Waals surface area contributed by atoms with E-state index in [1.165, 1.54) is 5.57 Å². The Balaban J connectivity index is 2.71. The van der Waals surface area contributed by atoms with E-state index in [0.29, 0.717) is 0 Å². The van der Waals surface area contributed by atoms with Crippen LogP contribution >= 0.6 is 11.6 Å². The lowest BCUT2D eigenvalue weighted by Gasteiger charge is -2.27. The first-order chi connectivity index (χ1) is 5.04. The van der Waals surface area contributed by atoms with Gasteiger partial charge in [0.2, 0.25) is 5.24 Å². The van der Waals surface area contributed by atoms with Crippen LogP contribution in [0.15, 0.2) is 11.6 Å². The topological polar surface area (TPSA) is 17.1 Å². The van der Waals surface area contributed by atoms with E-state index in [4.69, 9.17) is 11.6 Å². The minimum atomic E-state index is -0.291. The molecule has 1 aliphatic carbocycles. The fraction of sp³-hybridized carbons (Fsp3) is 0.667. The fourth-order valence-corrected chi connectivity index (χ4v) is 1.43. The van der Waals surface area contributed by atoms with Crippen molar-refractivity contribution >= 4 is 16.8 Å². The molecule has 0 aromatic heterocycles. The van der Waals surface area contributed by atoms with Gasteiger partial charge in [-0.15, -0.1) is 0 Å². The van der Waals surface area contributed by atoms with Gasteiger partial charge in [-0.1, -0.05) is 18.6 Å². The Kier molecular flexibility index (Phi) is 2.38. The maximum Gasteiger partial charge on any atom is 0.227 e. The van der Waals surface area contributed by atoms with E-state index in [1.807, 2.05) is 6.92 Å². The number of hydrogen-bond acceptors (Lipinski definition) is 1. The monoisotopic (exact) mass is 172 g/mol. The molecule has 0 N–H and O–H groups in total. The van der Waals surface area contributed by atoms with Gasteiger partial charge in [-0.25, -0.2) is 0 Å². The summed E-state index contributed by atoms with van der Waals surface area (Å²) in [7, 11) is 0. The van der Waals surface area contributed by atoms with Gasteiger partial charge in [-0.2, -0.15) is 0 Å². The third-order valence-corrected chi connectivity index (χ3v) is 2.90. The van der Waals surface area contributed by atoms with Crippen molar-refractivity contribution in [2.45, 2.75) is 33.1 Å². The van der Waals surface area contributed by atoms with E-state index in [-0.39, 0.29) is 10.7 Å². The van der Waals surface area contributed by atoms with Crippen molar-refractivity contribution in [3.8, 4) is 0 Å². The van der Waals surface area contributed by atoms with Gasteiger partial charge in [-0.3, -0.25) is 4.79 Å². The molecule has 2 heteroatoms. The van der Waals surface area contributed by atoms with Crippen LogP contribution in [-0.2, 0) is 4.79 Å². The Bertz CT molecular complexity index is 208. The molecule has 1 atom stereocenters. The summed E-state index contributed by atoms with van der Waals surface area (Å²) >= 11 is 5.48. The third kappa shape index (κ3) is 1.84. The second-order valence-electron chi connectivity index (χ2n) is 3.59. The van der Waals surface area contributed by atoms with Crippen LogP contribution in [0.2, 0.25) is 0 Å². The molecule has 0 aromatic carbocycles. The van der Waals surface area contributed by atoms with Gasteiger partial charge >= 0.3 is 0 Å². The number of rotatable bonds is 1. The van der Waals surface area contributed by atoms with Crippen molar-refractivity contribution in [2.24, 2.45) is 5.41 Å². The van der Waals surface area contributed by atoms with Crippen LogP contribution in [0.1, 0.15) is 33.1 Å². The van der Waals surface area contributed by atoms with E-state index in [9.17, 15) is 4.79 Å². The summed E-state index contributed by atoms with van der Waals surface area (Å²) in [5, 5.41) is -0.193. The summed E-state index contributed by atoms with van der Waals surface area (Å²) in [4.78, 5) is 11.0. The number of carbonyl (C=O) groups is 1. The highest BCUT2D eigenvalue weighted by molar-refractivity contribution is 6.64. The van der Waals surface area contributed by atoms with Gasteiger partial charge < -0.3 is 0 Å². The minimum Gasteiger partial charge on any atom is -0.281 e. The molecule has 0 spiro atoms. The molecule has 11 heavy (non-hydrogen) atoms. The Morgan fingerprint density at radius 1 is 1.73 bits per heavy atom. The summed E-state index contributed by atoms with van der Waals surface area (Å²) in [5.74, 6) is 0. The average Bonchev–Trinajstić information content (AvgIpc) is 1.95. The van der Waals surface area contributed by atoms with E-state index in [0.717, 1.165) is 19.3 Å². The zero-order valence-corrected chi connectivity index (χ0v) is 7.74. The Morgan fingerprint density at radius 3 is 2.73 bits per heavy atom. The third-order valence-electron chi connectivity index (χ3n) is 2.45. The van der Waals surface area contributed by atoms with Crippen LogP contribution in [0.25, 0.3) is 0 Å². The molecular weight excluding hydrogens is 160 g/mol. The van der Waals surface area contributed by atoms with Crippen LogP contribution in [0.4, 0.5) is 0 Å². The van der Waals surface area contributed by atoms with Gasteiger partial charge in [0.15, 0.2) is 0 Å². The Hall–Kier alpha value is -0.300. The van der Waals surface area contributed by atoms with Crippen LogP contribution < -0.4 is 0 Å². The molecule has 0 aliphatic heterocycles.